The van der Waals surface area contributed by atoms with Crippen molar-refractivity contribution >= 4 is 0 Å². The van der Waals surface area contributed by atoms with Crippen LogP contribution in [0, 0.1) is 11.8 Å². The lowest BCUT2D eigenvalue weighted by atomic mass is 9.80. The molecule has 0 saturated heterocycles. The second-order valence-corrected chi connectivity index (χ2v) is 6.45. The van der Waals surface area contributed by atoms with E-state index < -0.39 is 0 Å². The van der Waals surface area contributed by atoms with Crippen LogP contribution < -0.4 is 5.32 Å². The average molecular weight is 261 g/mol. The highest BCUT2D eigenvalue weighted by Crippen LogP contribution is 2.33. The quantitative estimate of drug-likeness (QED) is 0.865. The Balaban J connectivity index is 1.49. The Hall–Kier alpha value is -0.760. The van der Waals surface area contributed by atoms with Crippen molar-refractivity contribution in [3.63, 3.8) is 0 Å². The average Bonchev–Trinajstić information content (AvgIpc) is 2.94. The smallest absolute Gasteiger partial charge is 0.108 e. The van der Waals surface area contributed by atoms with Crippen LogP contribution in [0.2, 0.25) is 0 Å². The molecule has 1 aromatic rings. The second-order valence-electron chi connectivity index (χ2n) is 6.45. The van der Waals surface area contributed by atoms with Gasteiger partial charge in [0.25, 0.3) is 0 Å². The van der Waals surface area contributed by atoms with Crippen LogP contribution in [0.25, 0.3) is 0 Å². The Morgan fingerprint density at radius 1 is 1.16 bits per heavy atom. The normalized spacial score (nSPS) is 31.1. The van der Waals surface area contributed by atoms with E-state index in [-0.39, 0.29) is 0 Å². The molecular weight excluding hydrogens is 234 g/mol. The number of hydrogen-bond donors (Lipinski definition) is 1. The van der Waals surface area contributed by atoms with Gasteiger partial charge in [-0.25, -0.2) is 0 Å². The van der Waals surface area contributed by atoms with Crippen molar-refractivity contribution in [1.29, 1.82) is 0 Å². The zero-order valence-corrected chi connectivity index (χ0v) is 12.2. The summed E-state index contributed by atoms with van der Waals surface area (Å²) in [5.74, 6) is 3.13. The molecule has 0 aromatic carbocycles. The standard InChI is InChI=1S/C17H27NO/c1-2-13-6-8-14(9-7-13)12-18-16-4-3-5-17-15(16)10-11-19-17/h10-11,13-14,16,18H,2-9,12H2,1H3. The fraction of sp³-hybridized carbons (Fsp3) is 0.765. The van der Waals surface area contributed by atoms with Crippen molar-refractivity contribution in [2.45, 2.75) is 64.3 Å². The van der Waals surface area contributed by atoms with Crippen LogP contribution in [0.4, 0.5) is 0 Å². The molecule has 2 heteroatoms. The Morgan fingerprint density at radius 3 is 2.74 bits per heavy atom. The SMILES string of the molecule is CCC1CCC(CNC2CCCc3occc32)CC1. The molecule has 0 bridgehead atoms. The highest BCUT2D eigenvalue weighted by Gasteiger charge is 2.24. The Bertz CT molecular complexity index is 390. The van der Waals surface area contributed by atoms with Gasteiger partial charge in [-0.15, -0.1) is 0 Å². The van der Waals surface area contributed by atoms with Gasteiger partial charge in [0.1, 0.15) is 5.76 Å². The molecule has 2 aliphatic rings. The zero-order valence-electron chi connectivity index (χ0n) is 12.2. The first-order chi connectivity index (χ1) is 9.36. The maximum atomic E-state index is 5.57. The summed E-state index contributed by atoms with van der Waals surface area (Å²) in [6.45, 7) is 3.54. The van der Waals surface area contributed by atoms with Crippen molar-refractivity contribution in [2.24, 2.45) is 11.8 Å². The number of rotatable bonds is 4. The Kier molecular flexibility index (Phi) is 4.27. The van der Waals surface area contributed by atoms with Crippen LogP contribution in [0.5, 0.6) is 0 Å². The molecule has 0 aliphatic heterocycles. The minimum Gasteiger partial charge on any atom is -0.469 e. The van der Waals surface area contributed by atoms with E-state index in [4.69, 9.17) is 4.42 Å². The highest BCUT2D eigenvalue weighted by molar-refractivity contribution is 5.23. The lowest BCUT2D eigenvalue weighted by molar-refractivity contribution is 0.253. The number of aryl methyl sites for hydroxylation is 1. The van der Waals surface area contributed by atoms with E-state index in [1.165, 1.54) is 62.8 Å². The van der Waals surface area contributed by atoms with E-state index >= 15 is 0 Å². The minimum atomic E-state index is 0.548. The predicted molar refractivity (Wildman–Crippen MR) is 78.1 cm³/mol. The van der Waals surface area contributed by atoms with E-state index in [0.717, 1.165) is 18.3 Å². The topological polar surface area (TPSA) is 25.2 Å². The van der Waals surface area contributed by atoms with Crippen LogP contribution in [-0.4, -0.2) is 6.54 Å². The van der Waals surface area contributed by atoms with Crippen molar-refractivity contribution in [3.05, 3.63) is 23.7 Å². The summed E-state index contributed by atoms with van der Waals surface area (Å²) >= 11 is 0. The molecule has 1 heterocycles. The van der Waals surface area contributed by atoms with E-state index in [9.17, 15) is 0 Å². The molecule has 0 radical (unpaired) electrons. The summed E-state index contributed by atoms with van der Waals surface area (Å²) in [5, 5.41) is 3.81. The molecule has 2 nitrogen and oxygen atoms in total. The number of fused-ring (bicyclic) bond motifs is 1. The summed E-state index contributed by atoms with van der Waals surface area (Å²) < 4.78 is 5.57. The van der Waals surface area contributed by atoms with Crippen molar-refractivity contribution < 1.29 is 4.42 Å². The van der Waals surface area contributed by atoms with Crippen LogP contribution in [-0.2, 0) is 6.42 Å². The van der Waals surface area contributed by atoms with Gasteiger partial charge in [0.15, 0.2) is 0 Å². The Morgan fingerprint density at radius 2 is 1.95 bits per heavy atom. The van der Waals surface area contributed by atoms with Crippen molar-refractivity contribution in [1.82, 2.24) is 5.32 Å². The van der Waals surface area contributed by atoms with Gasteiger partial charge >= 0.3 is 0 Å². The molecular formula is C17H27NO. The van der Waals surface area contributed by atoms with Gasteiger partial charge in [0.2, 0.25) is 0 Å². The fourth-order valence-electron chi connectivity index (χ4n) is 3.85. The summed E-state index contributed by atoms with van der Waals surface area (Å²) in [4.78, 5) is 0. The number of furan rings is 1. The second kappa shape index (κ2) is 6.13. The van der Waals surface area contributed by atoms with Gasteiger partial charge in [-0.3, -0.25) is 0 Å². The largest absolute Gasteiger partial charge is 0.469 e. The first kappa shape index (κ1) is 13.2. The van der Waals surface area contributed by atoms with Gasteiger partial charge in [-0.1, -0.05) is 26.2 Å². The first-order valence-electron chi connectivity index (χ1n) is 8.16. The molecule has 1 atom stereocenters. The molecule has 1 unspecified atom stereocenters. The molecule has 1 N–H and O–H groups in total. The third-order valence-corrected chi connectivity index (χ3v) is 5.25. The van der Waals surface area contributed by atoms with Crippen LogP contribution in [0.15, 0.2) is 16.7 Å². The molecule has 3 rings (SSSR count). The number of nitrogens with one attached hydrogen (secondary N) is 1. The third kappa shape index (κ3) is 3.05. The maximum Gasteiger partial charge on any atom is 0.108 e. The highest BCUT2D eigenvalue weighted by atomic mass is 16.3. The van der Waals surface area contributed by atoms with Crippen molar-refractivity contribution in [2.75, 3.05) is 6.54 Å². The van der Waals surface area contributed by atoms with E-state index in [1.807, 2.05) is 6.26 Å². The van der Waals surface area contributed by atoms with Gasteiger partial charge in [-0.2, -0.15) is 0 Å². The van der Waals surface area contributed by atoms with Crippen LogP contribution in [0.3, 0.4) is 0 Å². The lowest BCUT2D eigenvalue weighted by Crippen LogP contribution is -2.31. The van der Waals surface area contributed by atoms with Gasteiger partial charge < -0.3 is 9.73 Å². The molecule has 1 saturated carbocycles. The van der Waals surface area contributed by atoms with Crippen molar-refractivity contribution in [3.8, 4) is 0 Å². The van der Waals surface area contributed by atoms with Crippen LogP contribution in [0.1, 0.15) is 69.2 Å². The maximum absolute atomic E-state index is 5.57. The third-order valence-electron chi connectivity index (χ3n) is 5.25. The molecule has 1 aromatic heterocycles. The summed E-state index contributed by atoms with van der Waals surface area (Å²) in [6, 6.07) is 2.71. The van der Waals surface area contributed by atoms with Gasteiger partial charge in [-0.05, 0) is 50.1 Å². The van der Waals surface area contributed by atoms with E-state index in [1.54, 1.807) is 0 Å². The first-order valence-corrected chi connectivity index (χ1v) is 8.16. The molecule has 19 heavy (non-hydrogen) atoms. The fourth-order valence-corrected chi connectivity index (χ4v) is 3.85. The summed E-state index contributed by atoms with van der Waals surface area (Å²) in [5.41, 5.74) is 1.42. The monoisotopic (exact) mass is 261 g/mol. The van der Waals surface area contributed by atoms with Gasteiger partial charge in [0, 0.05) is 18.0 Å². The minimum absolute atomic E-state index is 0.548. The van der Waals surface area contributed by atoms with Gasteiger partial charge in [0.05, 0.1) is 6.26 Å². The molecule has 0 spiro atoms. The van der Waals surface area contributed by atoms with Crippen LogP contribution >= 0.6 is 0 Å². The summed E-state index contributed by atoms with van der Waals surface area (Å²) in [6.07, 6.45) is 12.7. The Labute approximate surface area is 117 Å². The predicted octanol–water partition coefficient (Wildman–Crippen LogP) is 4.46. The lowest BCUT2D eigenvalue weighted by Gasteiger charge is -2.30. The summed E-state index contributed by atoms with van der Waals surface area (Å²) in [7, 11) is 0. The van der Waals surface area contributed by atoms with E-state index in [2.05, 4.69) is 18.3 Å². The zero-order chi connectivity index (χ0) is 13.1. The molecule has 106 valence electrons. The molecule has 1 fully saturated rings. The number of hydrogen-bond acceptors (Lipinski definition) is 2. The molecule has 2 aliphatic carbocycles. The van der Waals surface area contributed by atoms with E-state index in [0.29, 0.717) is 6.04 Å². The molecule has 0 amide bonds.